The lowest BCUT2D eigenvalue weighted by molar-refractivity contribution is -0.143. The summed E-state index contributed by atoms with van der Waals surface area (Å²) in [5.41, 5.74) is 0. The Kier molecular flexibility index (Phi) is 13.5. The topological polar surface area (TPSA) is 99.1 Å². The average Bonchev–Trinajstić information content (AvgIpc) is 2.81. The van der Waals surface area contributed by atoms with E-state index < -0.39 is 5.97 Å². The summed E-state index contributed by atoms with van der Waals surface area (Å²) in [7, 11) is 1.64. The molecular weight excluding hydrogens is 400 g/mol. The SMILES string of the molecule is C=CC(=O)OCCCCCCOc1ccc(OC)cc1.O=CC1CCC(C(=O)O)CC1. The maximum absolute atomic E-state index is 10.8. The first-order valence-corrected chi connectivity index (χ1v) is 10.7. The van der Waals surface area contributed by atoms with Gasteiger partial charge < -0.3 is 24.1 Å². The number of carboxylic acid groups (broad SMARTS) is 1. The number of carboxylic acids is 1. The van der Waals surface area contributed by atoms with Gasteiger partial charge in [-0.15, -0.1) is 0 Å². The number of ether oxygens (including phenoxy) is 3. The van der Waals surface area contributed by atoms with E-state index in [1.165, 1.54) is 6.08 Å². The zero-order chi connectivity index (χ0) is 22.9. The van der Waals surface area contributed by atoms with Gasteiger partial charge in [-0.1, -0.05) is 6.58 Å². The molecule has 1 aliphatic rings. The highest BCUT2D eigenvalue weighted by molar-refractivity contribution is 5.81. The highest BCUT2D eigenvalue weighted by Gasteiger charge is 2.25. The van der Waals surface area contributed by atoms with Crippen molar-refractivity contribution in [1.29, 1.82) is 0 Å². The van der Waals surface area contributed by atoms with Crippen LogP contribution in [0.2, 0.25) is 0 Å². The molecule has 0 heterocycles. The molecule has 2 rings (SSSR count). The van der Waals surface area contributed by atoms with E-state index in [0.29, 0.717) is 26.1 Å². The number of rotatable bonds is 12. The summed E-state index contributed by atoms with van der Waals surface area (Å²) in [6, 6.07) is 7.55. The van der Waals surface area contributed by atoms with E-state index in [2.05, 4.69) is 6.58 Å². The van der Waals surface area contributed by atoms with Gasteiger partial charge >= 0.3 is 11.9 Å². The molecule has 7 heteroatoms. The van der Waals surface area contributed by atoms with Gasteiger partial charge in [0.1, 0.15) is 17.8 Å². The number of carbonyl (C=O) groups excluding carboxylic acids is 2. The first kappa shape index (κ1) is 26.2. The van der Waals surface area contributed by atoms with Crippen LogP contribution in [0.15, 0.2) is 36.9 Å². The van der Waals surface area contributed by atoms with Gasteiger partial charge in [0.05, 0.1) is 26.2 Å². The lowest BCUT2D eigenvalue weighted by Crippen LogP contribution is -2.21. The Morgan fingerprint density at radius 3 is 2.10 bits per heavy atom. The van der Waals surface area contributed by atoms with Gasteiger partial charge in [-0.3, -0.25) is 4.79 Å². The number of benzene rings is 1. The maximum Gasteiger partial charge on any atom is 0.330 e. The van der Waals surface area contributed by atoms with Gasteiger partial charge in [0.25, 0.3) is 0 Å². The van der Waals surface area contributed by atoms with Crippen LogP contribution in [-0.4, -0.2) is 43.7 Å². The van der Waals surface area contributed by atoms with E-state index in [-0.39, 0.29) is 17.8 Å². The molecule has 1 aliphatic carbocycles. The second kappa shape index (κ2) is 15.9. The maximum atomic E-state index is 10.8. The summed E-state index contributed by atoms with van der Waals surface area (Å²) < 4.78 is 15.6. The quantitative estimate of drug-likeness (QED) is 0.225. The minimum Gasteiger partial charge on any atom is -0.497 e. The van der Waals surface area contributed by atoms with Crippen LogP contribution in [0.5, 0.6) is 11.5 Å². The molecule has 7 nitrogen and oxygen atoms in total. The summed E-state index contributed by atoms with van der Waals surface area (Å²) in [4.78, 5) is 31.5. The van der Waals surface area contributed by atoms with Crippen LogP contribution >= 0.6 is 0 Å². The third-order valence-electron chi connectivity index (χ3n) is 5.09. The number of aldehydes is 1. The molecule has 1 aromatic rings. The second-order valence-electron chi connectivity index (χ2n) is 7.40. The first-order chi connectivity index (χ1) is 15.0. The first-order valence-electron chi connectivity index (χ1n) is 10.7. The van der Waals surface area contributed by atoms with Gasteiger partial charge in [0.15, 0.2) is 0 Å². The van der Waals surface area contributed by atoms with E-state index in [9.17, 15) is 14.4 Å². The van der Waals surface area contributed by atoms with Gasteiger partial charge in [-0.05, 0) is 75.6 Å². The van der Waals surface area contributed by atoms with Crippen molar-refractivity contribution in [3.05, 3.63) is 36.9 Å². The smallest absolute Gasteiger partial charge is 0.330 e. The fraction of sp³-hybridized carbons (Fsp3) is 0.542. The van der Waals surface area contributed by atoms with Crippen LogP contribution in [0.4, 0.5) is 0 Å². The second-order valence-corrected chi connectivity index (χ2v) is 7.40. The minimum atomic E-state index is -0.714. The van der Waals surface area contributed by atoms with Crippen molar-refractivity contribution in [3.8, 4) is 11.5 Å². The van der Waals surface area contributed by atoms with E-state index in [1.54, 1.807) is 7.11 Å². The summed E-state index contributed by atoms with van der Waals surface area (Å²) in [6.07, 6.45) is 8.90. The molecule has 1 fully saturated rings. The van der Waals surface area contributed by atoms with Crippen LogP contribution < -0.4 is 9.47 Å². The zero-order valence-corrected chi connectivity index (χ0v) is 18.3. The molecule has 0 bridgehead atoms. The number of methoxy groups -OCH3 is 1. The minimum absolute atomic E-state index is 0.116. The van der Waals surface area contributed by atoms with Crippen LogP contribution in [0.3, 0.4) is 0 Å². The van der Waals surface area contributed by atoms with Gasteiger partial charge in [-0.2, -0.15) is 0 Å². The van der Waals surface area contributed by atoms with E-state index in [4.69, 9.17) is 19.3 Å². The van der Waals surface area contributed by atoms with Crippen molar-refractivity contribution in [3.63, 3.8) is 0 Å². The highest BCUT2D eigenvalue weighted by atomic mass is 16.5. The Morgan fingerprint density at radius 1 is 1.00 bits per heavy atom. The Morgan fingerprint density at radius 2 is 1.58 bits per heavy atom. The number of aliphatic carboxylic acids is 1. The van der Waals surface area contributed by atoms with Crippen LogP contribution in [0.1, 0.15) is 51.4 Å². The molecule has 0 saturated heterocycles. The van der Waals surface area contributed by atoms with Crippen molar-refractivity contribution >= 4 is 18.2 Å². The third-order valence-corrected chi connectivity index (χ3v) is 5.09. The molecule has 0 radical (unpaired) electrons. The molecule has 1 saturated carbocycles. The number of hydrogen-bond acceptors (Lipinski definition) is 6. The summed E-state index contributed by atoms with van der Waals surface area (Å²) >= 11 is 0. The van der Waals surface area contributed by atoms with Gasteiger partial charge in [0, 0.05) is 12.0 Å². The normalized spacial score (nSPS) is 17.5. The average molecular weight is 435 g/mol. The van der Waals surface area contributed by atoms with E-state index >= 15 is 0 Å². The molecular formula is C24H34O7. The van der Waals surface area contributed by atoms with Crippen molar-refractivity contribution in [2.24, 2.45) is 11.8 Å². The molecule has 0 amide bonds. The molecule has 0 aliphatic heterocycles. The molecule has 0 unspecified atom stereocenters. The molecule has 1 aromatic carbocycles. The largest absolute Gasteiger partial charge is 0.497 e. The summed E-state index contributed by atoms with van der Waals surface area (Å²) in [6.45, 7) is 4.50. The van der Waals surface area contributed by atoms with Crippen LogP contribution in [0.25, 0.3) is 0 Å². The lowest BCUT2D eigenvalue weighted by atomic mass is 9.83. The Balaban J connectivity index is 0.000000367. The monoisotopic (exact) mass is 434 g/mol. The molecule has 0 spiro atoms. The molecule has 1 N–H and O–H groups in total. The third kappa shape index (κ3) is 11.8. The van der Waals surface area contributed by atoms with Crippen molar-refractivity contribution in [2.75, 3.05) is 20.3 Å². The highest BCUT2D eigenvalue weighted by Crippen LogP contribution is 2.27. The van der Waals surface area contributed by atoms with E-state index in [1.807, 2.05) is 24.3 Å². The predicted molar refractivity (Wildman–Crippen MR) is 117 cm³/mol. The number of hydrogen-bond donors (Lipinski definition) is 1. The summed E-state index contributed by atoms with van der Waals surface area (Å²) in [5, 5.41) is 8.61. The fourth-order valence-electron chi connectivity index (χ4n) is 3.15. The van der Waals surface area contributed by atoms with Crippen LogP contribution in [-0.2, 0) is 19.1 Å². The molecule has 172 valence electrons. The van der Waals surface area contributed by atoms with Crippen molar-refractivity contribution in [1.82, 2.24) is 0 Å². The molecule has 0 atom stereocenters. The predicted octanol–water partition coefficient (Wildman–Crippen LogP) is 4.44. The van der Waals surface area contributed by atoms with Gasteiger partial charge in [-0.25, -0.2) is 4.79 Å². The number of carbonyl (C=O) groups is 3. The Labute approximate surface area is 184 Å². The number of esters is 1. The molecule has 0 aromatic heterocycles. The number of unbranched alkanes of at least 4 members (excludes halogenated alkanes) is 3. The standard InChI is InChI=1S/C16H22O4.C8H12O3/c1-3-16(17)20-13-7-5-4-6-12-19-15-10-8-14(18-2)9-11-15;9-5-6-1-3-7(4-2-6)8(10)11/h3,8-11H,1,4-7,12-13H2,2H3;5-7H,1-4H2,(H,10,11). The van der Waals surface area contributed by atoms with Crippen LogP contribution in [0, 0.1) is 11.8 Å². The Bertz CT molecular complexity index is 661. The fourth-order valence-corrected chi connectivity index (χ4v) is 3.15. The zero-order valence-electron chi connectivity index (χ0n) is 18.3. The lowest BCUT2D eigenvalue weighted by Gasteiger charge is -2.21. The van der Waals surface area contributed by atoms with Crippen molar-refractivity contribution < 1.29 is 33.7 Å². The Hall–Kier alpha value is -2.83. The molecule has 31 heavy (non-hydrogen) atoms. The summed E-state index contributed by atoms with van der Waals surface area (Å²) in [5.74, 6) is 0.524. The van der Waals surface area contributed by atoms with Gasteiger partial charge in [0.2, 0.25) is 0 Å². The van der Waals surface area contributed by atoms with E-state index in [0.717, 1.165) is 56.3 Å². The van der Waals surface area contributed by atoms with Crippen molar-refractivity contribution in [2.45, 2.75) is 51.4 Å².